The Balaban J connectivity index is 2.09. The number of halogens is 2. The molecule has 0 aromatic heterocycles. The fraction of sp³-hybridized carbons (Fsp3) is 0. The Kier molecular flexibility index (Phi) is 4.45. The van der Waals surface area contributed by atoms with Crippen molar-refractivity contribution in [2.75, 3.05) is 0 Å². The summed E-state index contributed by atoms with van der Waals surface area (Å²) >= 11 is 0. The number of carbonyl (C=O) groups is 1. The maximum absolute atomic E-state index is 13.4. The molecule has 2 rings (SSSR count). The summed E-state index contributed by atoms with van der Waals surface area (Å²) in [6, 6.07) is 8.91. The van der Waals surface area contributed by atoms with Crippen molar-refractivity contribution in [1.29, 1.82) is 0 Å². The van der Waals surface area contributed by atoms with Crippen LogP contribution < -0.4 is 15.9 Å². The lowest BCUT2D eigenvalue weighted by atomic mass is 10.2. The topological polar surface area (TPSA) is 76.7 Å². The van der Waals surface area contributed by atoms with E-state index in [4.69, 9.17) is 10.5 Å². The molecule has 0 saturated carbocycles. The average Bonchev–Trinajstić information content (AvgIpc) is 2.44. The quantitative estimate of drug-likeness (QED) is 0.671. The lowest BCUT2D eigenvalue weighted by Crippen LogP contribution is -2.24. The van der Waals surface area contributed by atoms with E-state index in [1.54, 1.807) is 12.1 Å². The summed E-state index contributed by atoms with van der Waals surface area (Å²) in [5, 5.41) is 3.57. The highest BCUT2D eigenvalue weighted by Gasteiger charge is 2.10. The van der Waals surface area contributed by atoms with Gasteiger partial charge in [-0.15, -0.1) is 0 Å². The Morgan fingerprint density at radius 2 is 1.76 bits per heavy atom. The first kappa shape index (κ1) is 14.4. The van der Waals surface area contributed by atoms with E-state index < -0.39 is 23.4 Å². The predicted octanol–water partition coefficient (Wildman–Crippen LogP) is 2.76. The molecular formula is C14H11F2N3O2. The number of ether oxygens (including phenoxy) is 1. The average molecular weight is 291 g/mol. The second-order valence-corrected chi connectivity index (χ2v) is 3.96. The van der Waals surface area contributed by atoms with Crippen LogP contribution in [0, 0.1) is 11.6 Å². The summed E-state index contributed by atoms with van der Waals surface area (Å²) in [6.45, 7) is 0. The molecule has 0 aliphatic carbocycles. The van der Waals surface area contributed by atoms with E-state index in [9.17, 15) is 13.6 Å². The van der Waals surface area contributed by atoms with Gasteiger partial charge in [0.1, 0.15) is 5.75 Å². The van der Waals surface area contributed by atoms with E-state index in [1.807, 2.05) is 5.43 Å². The zero-order valence-electron chi connectivity index (χ0n) is 10.7. The van der Waals surface area contributed by atoms with Gasteiger partial charge >= 0.3 is 6.03 Å². The first-order valence-corrected chi connectivity index (χ1v) is 5.86. The first-order chi connectivity index (χ1) is 10.1. The van der Waals surface area contributed by atoms with Crippen LogP contribution in [0.3, 0.4) is 0 Å². The number of hydrazone groups is 1. The molecule has 2 amide bonds. The van der Waals surface area contributed by atoms with E-state index in [1.165, 1.54) is 24.4 Å². The number of rotatable bonds is 4. The minimum Gasteiger partial charge on any atom is -0.451 e. The Bertz CT molecular complexity index is 652. The molecule has 0 aliphatic rings. The van der Waals surface area contributed by atoms with Crippen LogP contribution in [0.5, 0.6) is 11.5 Å². The molecule has 0 heterocycles. The summed E-state index contributed by atoms with van der Waals surface area (Å²) in [7, 11) is 0. The predicted molar refractivity (Wildman–Crippen MR) is 73.2 cm³/mol. The van der Waals surface area contributed by atoms with Gasteiger partial charge in [-0.3, -0.25) is 0 Å². The normalized spacial score (nSPS) is 10.6. The van der Waals surface area contributed by atoms with E-state index in [0.29, 0.717) is 5.56 Å². The van der Waals surface area contributed by atoms with Crippen LogP contribution in [-0.2, 0) is 0 Å². The zero-order valence-corrected chi connectivity index (χ0v) is 10.7. The molecule has 0 spiro atoms. The lowest BCUT2D eigenvalue weighted by molar-refractivity contribution is 0.249. The molecule has 0 radical (unpaired) electrons. The van der Waals surface area contributed by atoms with E-state index in [0.717, 1.165) is 12.1 Å². The Morgan fingerprint density at radius 1 is 1.14 bits per heavy atom. The molecule has 7 heteroatoms. The molecule has 0 aliphatic heterocycles. The molecule has 5 nitrogen and oxygen atoms in total. The van der Waals surface area contributed by atoms with Gasteiger partial charge in [0.2, 0.25) is 0 Å². The van der Waals surface area contributed by atoms with E-state index in [2.05, 4.69) is 5.10 Å². The maximum Gasteiger partial charge on any atom is 0.332 e. The van der Waals surface area contributed by atoms with Crippen LogP contribution >= 0.6 is 0 Å². The van der Waals surface area contributed by atoms with Gasteiger partial charge in [0.25, 0.3) is 0 Å². The molecule has 3 N–H and O–H groups in total. The van der Waals surface area contributed by atoms with E-state index >= 15 is 0 Å². The van der Waals surface area contributed by atoms with Crippen LogP contribution in [0.2, 0.25) is 0 Å². The molecular weight excluding hydrogens is 280 g/mol. The number of hydrogen-bond donors (Lipinski definition) is 2. The number of urea groups is 1. The van der Waals surface area contributed by atoms with Crippen molar-refractivity contribution < 1.29 is 18.3 Å². The highest BCUT2D eigenvalue weighted by Crippen LogP contribution is 2.27. The number of primary amides is 1. The molecule has 2 aromatic carbocycles. The third kappa shape index (κ3) is 4.00. The Hall–Kier alpha value is -2.96. The highest BCUT2D eigenvalue weighted by atomic mass is 19.1. The molecule has 0 unspecified atom stereocenters. The number of carbonyl (C=O) groups excluding carboxylic acids is 1. The third-order valence-corrected chi connectivity index (χ3v) is 2.41. The van der Waals surface area contributed by atoms with Crippen LogP contribution in [0.25, 0.3) is 0 Å². The van der Waals surface area contributed by atoms with Gasteiger partial charge in [-0.1, -0.05) is 6.07 Å². The van der Waals surface area contributed by atoms with Gasteiger partial charge in [-0.25, -0.2) is 19.0 Å². The number of amides is 2. The van der Waals surface area contributed by atoms with Crippen LogP contribution in [0.4, 0.5) is 13.6 Å². The third-order valence-electron chi connectivity index (χ3n) is 2.41. The molecule has 21 heavy (non-hydrogen) atoms. The number of para-hydroxylation sites is 1. The Morgan fingerprint density at radius 3 is 2.33 bits per heavy atom. The van der Waals surface area contributed by atoms with Gasteiger partial charge in [0, 0.05) is 0 Å². The largest absolute Gasteiger partial charge is 0.451 e. The van der Waals surface area contributed by atoms with Crippen molar-refractivity contribution in [2.45, 2.75) is 0 Å². The first-order valence-electron chi connectivity index (χ1n) is 5.86. The maximum atomic E-state index is 13.4. The smallest absolute Gasteiger partial charge is 0.332 e. The zero-order chi connectivity index (χ0) is 15.2. The van der Waals surface area contributed by atoms with Gasteiger partial charge in [0.05, 0.1) is 6.21 Å². The number of hydrogen-bond acceptors (Lipinski definition) is 3. The number of benzene rings is 2. The van der Waals surface area contributed by atoms with Gasteiger partial charge in [0.15, 0.2) is 17.4 Å². The molecule has 108 valence electrons. The number of nitrogens with one attached hydrogen (secondary N) is 1. The van der Waals surface area contributed by atoms with Crippen molar-refractivity contribution in [3.05, 3.63) is 59.7 Å². The summed E-state index contributed by atoms with van der Waals surface area (Å²) in [4.78, 5) is 10.4. The van der Waals surface area contributed by atoms with Gasteiger partial charge < -0.3 is 10.5 Å². The molecule has 0 bridgehead atoms. The number of nitrogens with two attached hydrogens (primary N) is 1. The van der Waals surface area contributed by atoms with Crippen LogP contribution in [-0.4, -0.2) is 12.2 Å². The molecule has 0 atom stereocenters. The second kappa shape index (κ2) is 6.47. The second-order valence-electron chi connectivity index (χ2n) is 3.96. The van der Waals surface area contributed by atoms with Crippen molar-refractivity contribution in [1.82, 2.24) is 5.43 Å². The fourth-order valence-corrected chi connectivity index (χ4v) is 1.49. The Labute approximate surface area is 119 Å². The monoisotopic (exact) mass is 291 g/mol. The lowest BCUT2D eigenvalue weighted by Gasteiger charge is -2.07. The molecule has 2 aromatic rings. The van der Waals surface area contributed by atoms with E-state index in [-0.39, 0.29) is 5.75 Å². The van der Waals surface area contributed by atoms with Gasteiger partial charge in [-0.05, 0) is 42.0 Å². The standard InChI is InChI=1S/C14H11F2N3O2/c15-11-2-1-3-12(16)13(11)21-10-6-4-9(5-7-10)8-18-19-14(17)20/h1-8H,(H3,17,19,20)/b18-8+. The molecule has 0 saturated heterocycles. The highest BCUT2D eigenvalue weighted by molar-refractivity contribution is 5.81. The van der Waals surface area contributed by atoms with Crippen LogP contribution in [0.1, 0.15) is 5.56 Å². The minimum atomic E-state index is -0.786. The molecule has 0 fully saturated rings. The van der Waals surface area contributed by atoms with Crippen molar-refractivity contribution in [3.63, 3.8) is 0 Å². The summed E-state index contributed by atoms with van der Waals surface area (Å²) in [5.74, 6) is -1.77. The fourth-order valence-electron chi connectivity index (χ4n) is 1.49. The minimum absolute atomic E-state index is 0.263. The van der Waals surface area contributed by atoms with Crippen molar-refractivity contribution >= 4 is 12.2 Å². The SMILES string of the molecule is NC(=O)N/N=C/c1ccc(Oc2c(F)cccc2F)cc1. The summed E-state index contributed by atoms with van der Waals surface area (Å²) in [5.41, 5.74) is 7.53. The summed E-state index contributed by atoms with van der Waals surface area (Å²) < 4.78 is 32.0. The van der Waals surface area contributed by atoms with Crippen molar-refractivity contribution in [2.24, 2.45) is 10.8 Å². The summed E-state index contributed by atoms with van der Waals surface area (Å²) in [6.07, 6.45) is 1.36. The van der Waals surface area contributed by atoms with Crippen molar-refractivity contribution in [3.8, 4) is 11.5 Å². The number of nitrogens with zero attached hydrogens (tertiary/aromatic N) is 1. The van der Waals surface area contributed by atoms with Gasteiger partial charge in [-0.2, -0.15) is 5.10 Å². The van der Waals surface area contributed by atoms with Crippen LogP contribution in [0.15, 0.2) is 47.6 Å².